The van der Waals surface area contributed by atoms with Gasteiger partial charge in [-0.15, -0.1) is 0 Å². The number of fused-ring (bicyclic) bond motifs is 7. The zero-order valence-corrected chi connectivity index (χ0v) is 25.2. The molecule has 0 radical (unpaired) electrons. The van der Waals surface area contributed by atoms with Crippen LogP contribution in [0, 0.1) is 57.6 Å². The third-order valence-corrected chi connectivity index (χ3v) is 13.2. The Balaban J connectivity index is 0.000000182. The molecule has 7 rings (SSSR count). The third kappa shape index (κ3) is 5.04. The van der Waals surface area contributed by atoms with Crippen molar-refractivity contribution >= 4 is 11.9 Å². The van der Waals surface area contributed by atoms with E-state index in [0.29, 0.717) is 34.8 Å². The lowest BCUT2D eigenvalue weighted by Gasteiger charge is -2.67. The number of carbonyl (C=O) groups excluding carboxylic acids is 1. The number of carboxylic acid groups (broad SMARTS) is 1. The quantitative estimate of drug-likeness (QED) is 0.295. The van der Waals surface area contributed by atoms with Gasteiger partial charge in [0.1, 0.15) is 18.5 Å². The Morgan fingerprint density at radius 3 is 2.29 bits per heavy atom. The van der Waals surface area contributed by atoms with Gasteiger partial charge in [-0.3, -0.25) is 4.79 Å². The van der Waals surface area contributed by atoms with Gasteiger partial charge in [0.25, 0.3) is 0 Å². The first-order valence-corrected chi connectivity index (χ1v) is 16.4. The van der Waals surface area contributed by atoms with Crippen molar-refractivity contribution in [1.82, 2.24) is 0 Å². The molecule has 1 aromatic carbocycles. The maximum atomic E-state index is 12.5. The first-order chi connectivity index (χ1) is 19.6. The van der Waals surface area contributed by atoms with Crippen molar-refractivity contribution in [2.75, 3.05) is 13.2 Å². The topological polar surface area (TPSA) is 76.1 Å². The van der Waals surface area contributed by atoms with E-state index in [4.69, 9.17) is 9.47 Å². The fourth-order valence-electron chi connectivity index (χ4n) is 11.3. The smallest absolute Gasteiger partial charge is 0.338 e. The van der Waals surface area contributed by atoms with Gasteiger partial charge in [-0.05, 0) is 128 Å². The number of carbonyl (C=O) groups is 2. The van der Waals surface area contributed by atoms with E-state index in [0.717, 1.165) is 42.9 Å². The Hall–Kier alpha value is -1.95. The molecule has 1 saturated heterocycles. The minimum Gasteiger partial charge on any atom is -0.481 e. The van der Waals surface area contributed by atoms with Crippen LogP contribution < -0.4 is 0 Å². The zero-order chi connectivity index (χ0) is 29.0. The van der Waals surface area contributed by atoms with Crippen molar-refractivity contribution in [3.05, 3.63) is 35.6 Å². The second kappa shape index (κ2) is 11.0. The maximum Gasteiger partial charge on any atom is 0.338 e. The molecule has 6 fully saturated rings. The third-order valence-electron chi connectivity index (χ3n) is 13.2. The van der Waals surface area contributed by atoms with Crippen LogP contribution in [0.3, 0.4) is 0 Å². The molecule has 1 heterocycles. The number of halogens is 1. The van der Waals surface area contributed by atoms with Crippen molar-refractivity contribution in [3.63, 3.8) is 0 Å². The number of rotatable bonds is 4. The lowest BCUT2D eigenvalue weighted by atomic mass is 9.38. The molecule has 10 atom stereocenters. The molecule has 6 aliphatic rings. The molecule has 0 spiro atoms. The van der Waals surface area contributed by atoms with Gasteiger partial charge in [-0.25, -0.2) is 9.18 Å². The van der Waals surface area contributed by atoms with E-state index >= 15 is 0 Å². The van der Waals surface area contributed by atoms with Crippen LogP contribution in [0.5, 0.6) is 0 Å². The van der Waals surface area contributed by atoms with Crippen LogP contribution in [0.1, 0.15) is 108 Å². The predicted molar refractivity (Wildman–Crippen MR) is 155 cm³/mol. The molecule has 0 amide bonds. The largest absolute Gasteiger partial charge is 0.481 e. The summed E-state index contributed by atoms with van der Waals surface area (Å²) in [6, 6.07) is 5.24. The van der Waals surface area contributed by atoms with Crippen molar-refractivity contribution in [2.45, 2.75) is 104 Å². The van der Waals surface area contributed by atoms with E-state index < -0.39 is 11.9 Å². The Morgan fingerprint density at radius 2 is 1.59 bits per heavy atom. The molecular formula is C35H49FO5. The lowest BCUT2D eigenvalue weighted by molar-refractivity contribution is -0.190. The number of aliphatic carboxylic acids is 1. The summed E-state index contributed by atoms with van der Waals surface area (Å²) in [5.41, 5.74) is 1.02. The van der Waals surface area contributed by atoms with Crippen molar-refractivity contribution < 1.29 is 28.6 Å². The molecule has 0 bridgehead atoms. The molecule has 41 heavy (non-hydrogen) atoms. The summed E-state index contributed by atoms with van der Waals surface area (Å²) in [6.45, 7) is 8.76. The molecule has 1 aromatic rings. The summed E-state index contributed by atoms with van der Waals surface area (Å²) in [7, 11) is 0. The van der Waals surface area contributed by atoms with E-state index in [9.17, 15) is 19.1 Å². The highest BCUT2D eigenvalue weighted by Crippen LogP contribution is 2.71. The standard InChI is InChI=1S/C25H40O2.C10H9FO3/c1-16-6-4-12-23(2)18(16)10-14-24(3)19-11-15-25(22(26)27)13-5-7-20(25)17(19)8-9-21(23)24;11-8-3-1-7(2-4-8)10(12)14-6-9-5-13-9/h16-21H,4-15H2,1-3H3,(H,26,27);1-4,9H,5-6H2. The van der Waals surface area contributed by atoms with Crippen LogP contribution in [0.2, 0.25) is 0 Å². The second-order valence-corrected chi connectivity index (χ2v) is 15.0. The highest BCUT2D eigenvalue weighted by atomic mass is 19.1. The second-order valence-electron chi connectivity index (χ2n) is 15.0. The van der Waals surface area contributed by atoms with Gasteiger partial charge in [0, 0.05) is 0 Å². The van der Waals surface area contributed by atoms with Gasteiger partial charge >= 0.3 is 11.9 Å². The molecule has 1 N–H and O–H groups in total. The van der Waals surface area contributed by atoms with Gasteiger partial charge in [-0.2, -0.15) is 0 Å². The molecule has 6 heteroatoms. The average molecular weight is 569 g/mol. The van der Waals surface area contributed by atoms with Crippen LogP contribution in [-0.2, 0) is 14.3 Å². The summed E-state index contributed by atoms with van der Waals surface area (Å²) >= 11 is 0. The number of ether oxygens (including phenoxy) is 2. The Kier molecular flexibility index (Phi) is 7.78. The predicted octanol–water partition coefficient (Wildman–Crippen LogP) is 7.92. The molecular weight excluding hydrogens is 519 g/mol. The Labute approximate surface area is 244 Å². The summed E-state index contributed by atoms with van der Waals surface area (Å²) in [5, 5.41) is 10.1. The van der Waals surface area contributed by atoms with Crippen molar-refractivity contribution in [3.8, 4) is 0 Å². The van der Waals surface area contributed by atoms with Crippen LogP contribution >= 0.6 is 0 Å². The Morgan fingerprint density at radius 1 is 0.902 bits per heavy atom. The number of carboxylic acids is 1. The highest BCUT2D eigenvalue weighted by Gasteiger charge is 2.65. The van der Waals surface area contributed by atoms with E-state index in [1.54, 1.807) is 0 Å². The van der Waals surface area contributed by atoms with Crippen LogP contribution in [0.4, 0.5) is 4.39 Å². The molecule has 5 saturated carbocycles. The summed E-state index contributed by atoms with van der Waals surface area (Å²) in [6.07, 6.45) is 15.4. The van der Waals surface area contributed by atoms with Crippen LogP contribution in [0.15, 0.2) is 24.3 Å². The van der Waals surface area contributed by atoms with Gasteiger partial charge < -0.3 is 14.6 Å². The van der Waals surface area contributed by atoms with Gasteiger partial charge in [0.2, 0.25) is 0 Å². The lowest BCUT2D eigenvalue weighted by Crippen LogP contribution is -2.60. The summed E-state index contributed by atoms with van der Waals surface area (Å²) in [4.78, 5) is 23.6. The molecule has 0 aromatic heterocycles. The van der Waals surface area contributed by atoms with Crippen molar-refractivity contribution in [1.29, 1.82) is 0 Å². The molecule has 5 nitrogen and oxygen atoms in total. The molecule has 5 aliphatic carbocycles. The average Bonchev–Trinajstić information content (AvgIpc) is 3.67. The van der Waals surface area contributed by atoms with Crippen LogP contribution in [0.25, 0.3) is 0 Å². The molecule has 1 aliphatic heterocycles. The molecule has 10 unspecified atom stereocenters. The molecule has 226 valence electrons. The number of esters is 1. The summed E-state index contributed by atoms with van der Waals surface area (Å²) < 4.78 is 22.3. The first kappa shape index (κ1) is 29.1. The SMILES string of the molecule is CC1CCCC2(C)C1CCC1(C)C3CCC4(C(=O)O)CCCC4C3CCC21.O=C(OCC1CO1)c1ccc(F)cc1. The minimum atomic E-state index is -0.465. The van der Waals surface area contributed by atoms with E-state index in [-0.39, 0.29) is 23.9 Å². The monoisotopic (exact) mass is 568 g/mol. The van der Waals surface area contributed by atoms with E-state index in [2.05, 4.69) is 20.8 Å². The number of epoxide rings is 1. The number of benzene rings is 1. The number of hydrogen-bond donors (Lipinski definition) is 1. The fourth-order valence-corrected chi connectivity index (χ4v) is 11.3. The maximum absolute atomic E-state index is 12.5. The Bertz CT molecular complexity index is 1130. The minimum absolute atomic E-state index is 0.0550. The van der Waals surface area contributed by atoms with E-state index in [1.807, 2.05) is 0 Å². The summed E-state index contributed by atoms with van der Waals surface area (Å²) in [5.74, 6) is 3.41. The van der Waals surface area contributed by atoms with E-state index in [1.165, 1.54) is 82.1 Å². The van der Waals surface area contributed by atoms with Crippen LogP contribution in [-0.4, -0.2) is 36.4 Å². The van der Waals surface area contributed by atoms with Gasteiger partial charge in [-0.1, -0.05) is 40.0 Å². The normalized spacial score (nSPS) is 44.1. The van der Waals surface area contributed by atoms with Gasteiger partial charge in [0.05, 0.1) is 17.6 Å². The first-order valence-electron chi connectivity index (χ1n) is 16.4. The van der Waals surface area contributed by atoms with Gasteiger partial charge in [0.15, 0.2) is 0 Å². The fraction of sp³-hybridized carbons (Fsp3) is 0.771. The number of hydrogen-bond acceptors (Lipinski definition) is 4. The highest BCUT2D eigenvalue weighted by molar-refractivity contribution is 5.89. The van der Waals surface area contributed by atoms with Crippen molar-refractivity contribution in [2.24, 2.45) is 51.8 Å². The zero-order valence-electron chi connectivity index (χ0n) is 25.2.